The molecule has 1 aromatic carbocycles. The number of ether oxygens (including phenoxy) is 1. The summed E-state index contributed by atoms with van der Waals surface area (Å²) in [6, 6.07) is 6.69. The lowest BCUT2D eigenvalue weighted by molar-refractivity contribution is 0.0442. The molecule has 2 aromatic rings. The summed E-state index contributed by atoms with van der Waals surface area (Å²) in [6.45, 7) is 2.25. The summed E-state index contributed by atoms with van der Waals surface area (Å²) in [4.78, 5) is 23.9. The number of esters is 1. The number of carbonyl (C=O) groups excluding carboxylic acids is 1. The Kier molecular flexibility index (Phi) is 4.64. The lowest BCUT2D eigenvalue weighted by atomic mass is 10.1. The van der Waals surface area contributed by atoms with Crippen molar-refractivity contribution in [3.05, 3.63) is 43.9 Å². The summed E-state index contributed by atoms with van der Waals surface area (Å²) < 4.78 is 6.25. The Morgan fingerprint density at radius 3 is 2.85 bits per heavy atom. The molecule has 1 aromatic heterocycles. The second-order valence-corrected chi connectivity index (χ2v) is 5.61. The molecule has 1 heterocycles. The fraction of sp³-hybridized carbons (Fsp3) is 0.286. The molecule has 0 amide bonds. The molecule has 0 saturated heterocycles. The van der Waals surface area contributed by atoms with E-state index in [0.717, 1.165) is 16.4 Å². The highest BCUT2D eigenvalue weighted by atomic mass is 127. The number of fused-ring (bicyclic) bond motifs is 1. The average Bonchev–Trinajstić information content (AvgIpc) is 2.43. The molecular weight excluding hydrogens is 373 g/mol. The first-order valence-electron chi connectivity index (χ1n) is 6.26. The number of rotatable bonds is 4. The molecule has 0 fully saturated rings. The van der Waals surface area contributed by atoms with E-state index in [9.17, 15) is 14.8 Å². The van der Waals surface area contributed by atoms with Crippen LogP contribution < -0.4 is 5.56 Å². The van der Waals surface area contributed by atoms with Gasteiger partial charge in [-0.05, 0) is 52.6 Å². The van der Waals surface area contributed by atoms with Crippen LogP contribution in [0.4, 0.5) is 0 Å². The normalized spacial score (nSPS) is 10.7. The van der Waals surface area contributed by atoms with Crippen LogP contribution in [0.3, 0.4) is 0 Å². The number of unbranched alkanes of at least 4 members (excludes halogenated alkanes) is 1. The highest BCUT2D eigenvalue weighted by Gasteiger charge is 2.16. The zero-order valence-corrected chi connectivity index (χ0v) is 13.1. The van der Waals surface area contributed by atoms with Crippen molar-refractivity contribution in [2.75, 3.05) is 6.61 Å². The van der Waals surface area contributed by atoms with Gasteiger partial charge in [-0.2, -0.15) is 0 Å². The van der Waals surface area contributed by atoms with Crippen LogP contribution in [0.1, 0.15) is 30.3 Å². The maximum absolute atomic E-state index is 12.0. The second kappa shape index (κ2) is 6.25. The fourth-order valence-corrected chi connectivity index (χ4v) is 2.29. The first-order valence-corrected chi connectivity index (χ1v) is 7.34. The van der Waals surface area contributed by atoms with E-state index in [0.29, 0.717) is 15.5 Å². The van der Waals surface area contributed by atoms with Crippen LogP contribution in [0.15, 0.2) is 29.1 Å². The van der Waals surface area contributed by atoms with Crippen LogP contribution in [-0.2, 0) is 4.74 Å². The van der Waals surface area contributed by atoms with Crippen molar-refractivity contribution in [3.8, 4) is 0 Å². The molecule has 106 valence electrons. The Morgan fingerprint density at radius 1 is 1.40 bits per heavy atom. The molecule has 5 nitrogen and oxygen atoms in total. The summed E-state index contributed by atoms with van der Waals surface area (Å²) >= 11 is 2.08. The summed E-state index contributed by atoms with van der Waals surface area (Å²) in [5.41, 5.74) is -0.775. The highest BCUT2D eigenvalue weighted by molar-refractivity contribution is 14.1. The van der Waals surface area contributed by atoms with Gasteiger partial charge in [0.25, 0.3) is 5.56 Å². The van der Waals surface area contributed by atoms with Crippen LogP contribution in [0.5, 0.6) is 0 Å². The molecule has 20 heavy (non-hydrogen) atoms. The summed E-state index contributed by atoms with van der Waals surface area (Å²) in [5.74, 6) is -0.696. The average molecular weight is 387 g/mol. The lowest BCUT2D eigenvalue weighted by Gasteiger charge is -2.08. The van der Waals surface area contributed by atoms with Gasteiger partial charge in [-0.1, -0.05) is 19.4 Å². The van der Waals surface area contributed by atoms with Gasteiger partial charge in [0.2, 0.25) is 0 Å². The first kappa shape index (κ1) is 14.8. The van der Waals surface area contributed by atoms with Crippen molar-refractivity contribution >= 4 is 39.3 Å². The minimum absolute atomic E-state index is 0.153. The van der Waals surface area contributed by atoms with Crippen LogP contribution in [0, 0.1) is 3.57 Å². The Labute approximate surface area is 129 Å². The predicted molar refractivity (Wildman–Crippen MR) is 83.3 cm³/mol. The third-order valence-corrected chi connectivity index (χ3v) is 3.57. The van der Waals surface area contributed by atoms with Crippen molar-refractivity contribution in [3.63, 3.8) is 0 Å². The number of nitrogens with zero attached hydrogens (tertiary/aromatic N) is 1. The fourth-order valence-electron chi connectivity index (χ4n) is 1.80. The topological polar surface area (TPSA) is 68.5 Å². The van der Waals surface area contributed by atoms with Gasteiger partial charge in [-0.3, -0.25) is 4.79 Å². The zero-order valence-electron chi connectivity index (χ0n) is 10.9. The molecule has 0 unspecified atom stereocenters. The minimum Gasteiger partial charge on any atom is -0.461 e. The van der Waals surface area contributed by atoms with E-state index >= 15 is 0 Å². The van der Waals surface area contributed by atoms with Gasteiger partial charge in [0.05, 0.1) is 12.0 Å². The van der Waals surface area contributed by atoms with Crippen molar-refractivity contribution in [1.29, 1.82) is 0 Å². The molecule has 0 aliphatic carbocycles. The first-order chi connectivity index (χ1) is 9.54. The SMILES string of the molecule is CCCCOC(=O)c1cc2ccc(I)cc2c(=O)n1O. The van der Waals surface area contributed by atoms with Crippen LogP contribution in [-0.4, -0.2) is 22.5 Å². The van der Waals surface area contributed by atoms with Gasteiger partial charge >= 0.3 is 5.97 Å². The smallest absolute Gasteiger partial charge is 0.358 e. The van der Waals surface area contributed by atoms with E-state index in [4.69, 9.17) is 4.74 Å². The van der Waals surface area contributed by atoms with E-state index in [1.807, 2.05) is 13.0 Å². The molecule has 0 aliphatic rings. The van der Waals surface area contributed by atoms with Gasteiger partial charge in [0.1, 0.15) is 0 Å². The van der Waals surface area contributed by atoms with Crippen LogP contribution >= 0.6 is 22.6 Å². The van der Waals surface area contributed by atoms with Crippen molar-refractivity contribution < 1.29 is 14.7 Å². The standard InChI is InChI=1S/C14H14INO4/c1-2-3-6-20-14(18)12-7-9-4-5-10(15)8-11(9)13(17)16(12)19/h4-5,7-8,19H,2-3,6H2,1H3. The Morgan fingerprint density at radius 2 is 2.15 bits per heavy atom. The molecule has 0 spiro atoms. The Bertz CT molecular complexity index is 708. The predicted octanol–water partition coefficient (Wildman–Crippen LogP) is 2.80. The molecular formula is C14H14INO4. The third-order valence-electron chi connectivity index (χ3n) is 2.90. The van der Waals surface area contributed by atoms with Crippen molar-refractivity contribution in [2.45, 2.75) is 19.8 Å². The molecule has 0 saturated carbocycles. The van der Waals surface area contributed by atoms with E-state index in [1.54, 1.807) is 12.1 Å². The van der Waals surface area contributed by atoms with E-state index in [2.05, 4.69) is 22.6 Å². The minimum atomic E-state index is -0.696. The number of carbonyl (C=O) groups is 1. The lowest BCUT2D eigenvalue weighted by Crippen LogP contribution is -2.25. The molecule has 6 heteroatoms. The van der Waals surface area contributed by atoms with Gasteiger partial charge in [0, 0.05) is 3.57 Å². The number of pyridine rings is 1. The van der Waals surface area contributed by atoms with Gasteiger partial charge in [0.15, 0.2) is 5.69 Å². The molecule has 0 radical (unpaired) electrons. The number of benzene rings is 1. The van der Waals surface area contributed by atoms with Crippen LogP contribution in [0.25, 0.3) is 10.8 Å². The largest absolute Gasteiger partial charge is 0.461 e. The summed E-state index contributed by atoms with van der Waals surface area (Å²) in [6.07, 6.45) is 1.64. The Balaban J connectivity index is 2.45. The Hall–Kier alpha value is -1.57. The van der Waals surface area contributed by atoms with Crippen molar-refractivity contribution in [2.24, 2.45) is 0 Å². The number of hydrogen-bond acceptors (Lipinski definition) is 4. The van der Waals surface area contributed by atoms with Crippen LogP contribution in [0.2, 0.25) is 0 Å². The summed E-state index contributed by atoms with van der Waals surface area (Å²) in [7, 11) is 0. The quantitative estimate of drug-likeness (QED) is 0.379. The van der Waals surface area contributed by atoms with Gasteiger partial charge < -0.3 is 9.94 Å². The molecule has 0 atom stereocenters. The maximum atomic E-state index is 12.0. The maximum Gasteiger partial charge on any atom is 0.358 e. The van der Waals surface area contributed by atoms with E-state index < -0.39 is 11.5 Å². The van der Waals surface area contributed by atoms with Gasteiger partial charge in [-0.15, -0.1) is 4.73 Å². The zero-order chi connectivity index (χ0) is 14.7. The number of halogens is 1. The van der Waals surface area contributed by atoms with E-state index in [-0.39, 0.29) is 12.3 Å². The number of hydrogen-bond donors (Lipinski definition) is 1. The third kappa shape index (κ3) is 2.95. The molecule has 0 bridgehead atoms. The molecule has 2 rings (SSSR count). The van der Waals surface area contributed by atoms with Gasteiger partial charge in [-0.25, -0.2) is 4.79 Å². The summed E-state index contributed by atoms with van der Waals surface area (Å²) in [5, 5.41) is 10.8. The second-order valence-electron chi connectivity index (χ2n) is 4.37. The monoisotopic (exact) mass is 387 g/mol. The van der Waals surface area contributed by atoms with Crippen molar-refractivity contribution in [1.82, 2.24) is 4.73 Å². The number of aromatic nitrogens is 1. The highest BCUT2D eigenvalue weighted by Crippen LogP contribution is 2.16. The molecule has 1 N–H and O–H groups in total. The van der Waals surface area contributed by atoms with E-state index in [1.165, 1.54) is 6.07 Å². The molecule has 0 aliphatic heterocycles.